The molecule has 5 nitrogen and oxygen atoms in total. The van der Waals surface area contributed by atoms with E-state index in [9.17, 15) is 9.59 Å². The van der Waals surface area contributed by atoms with E-state index in [2.05, 4.69) is 10.6 Å². The first-order chi connectivity index (χ1) is 11.6. The van der Waals surface area contributed by atoms with Crippen molar-refractivity contribution >= 4 is 17.5 Å². The second kappa shape index (κ2) is 8.72. The molecule has 0 radical (unpaired) electrons. The van der Waals surface area contributed by atoms with Crippen molar-refractivity contribution < 1.29 is 14.3 Å². The van der Waals surface area contributed by atoms with Gasteiger partial charge in [0.1, 0.15) is 5.75 Å². The number of hydrogen-bond acceptors (Lipinski definition) is 3. The summed E-state index contributed by atoms with van der Waals surface area (Å²) in [6, 6.07) is 14.6. The Morgan fingerprint density at radius 3 is 2.29 bits per heavy atom. The maximum atomic E-state index is 11.9. The zero-order valence-corrected chi connectivity index (χ0v) is 14.0. The molecule has 2 amide bonds. The van der Waals surface area contributed by atoms with Crippen molar-refractivity contribution in [1.29, 1.82) is 0 Å². The number of rotatable bonds is 7. The summed E-state index contributed by atoms with van der Waals surface area (Å²) in [6.07, 6.45) is 1.01. The van der Waals surface area contributed by atoms with Crippen LogP contribution in [0.25, 0.3) is 0 Å². The van der Waals surface area contributed by atoms with Crippen molar-refractivity contribution in [2.24, 2.45) is 0 Å². The molecule has 2 aromatic rings. The fourth-order valence-electron chi connectivity index (χ4n) is 2.13. The molecule has 0 saturated heterocycles. The molecule has 0 aliphatic rings. The monoisotopic (exact) mass is 326 g/mol. The molecule has 24 heavy (non-hydrogen) atoms. The van der Waals surface area contributed by atoms with Crippen molar-refractivity contribution in [2.45, 2.75) is 19.8 Å². The van der Waals surface area contributed by atoms with Gasteiger partial charge in [0.25, 0.3) is 5.91 Å². The number of aryl methyl sites for hydroxylation is 1. The van der Waals surface area contributed by atoms with Gasteiger partial charge in [0, 0.05) is 24.7 Å². The standard InChI is InChI=1S/C19H22N2O3/c1-14-5-11-17(12-6-14)24-13-3-4-18(22)21-16-9-7-15(8-10-16)19(23)20-2/h5-12H,3-4,13H2,1-2H3,(H,20,23)(H,21,22). The van der Waals surface area contributed by atoms with Gasteiger partial charge in [-0.1, -0.05) is 17.7 Å². The number of ether oxygens (including phenoxy) is 1. The van der Waals surface area contributed by atoms with Crippen molar-refractivity contribution in [3.63, 3.8) is 0 Å². The molecular formula is C19H22N2O3. The highest BCUT2D eigenvalue weighted by atomic mass is 16.5. The molecule has 2 N–H and O–H groups in total. The third-order valence-electron chi connectivity index (χ3n) is 3.50. The van der Waals surface area contributed by atoms with E-state index in [-0.39, 0.29) is 11.8 Å². The largest absolute Gasteiger partial charge is 0.494 e. The molecule has 0 atom stereocenters. The second-order valence-electron chi connectivity index (χ2n) is 5.47. The van der Waals surface area contributed by atoms with E-state index in [1.165, 1.54) is 5.56 Å². The van der Waals surface area contributed by atoms with E-state index in [4.69, 9.17) is 4.74 Å². The van der Waals surface area contributed by atoms with E-state index in [0.29, 0.717) is 30.7 Å². The van der Waals surface area contributed by atoms with Gasteiger partial charge in [-0.05, 0) is 49.7 Å². The predicted molar refractivity (Wildman–Crippen MR) is 94.4 cm³/mol. The van der Waals surface area contributed by atoms with Gasteiger partial charge in [0.2, 0.25) is 5.91 Å². The van der Waals surface area contributed by atoms with Crippen LogP contribution < -0.4 is 15.4 Å². The molecule has 126 valence electrons. The molecule has 2 aromatic carbocycles. The van der Waals surface area contributed by atoms with Crippen LogP contribution in [-0.4, -0.2) is 25.5 Å². The molecule has 0 unspecified atom stereocenters. The zero-order valence-electron chi connectivity index (χ0n) is 14.0. The van der Waals surface area contributed by atoms with Crippen LogP contribution in [-0.2, 0) is 4.79 Å². The Morgan fingerprint density at radius 1 is 1.00 bits per heavy atom. The highest BCUT2D eigenvalue weighted by molar-refractivity contribution is 5.95. The minimum atomic E-state index is -0.152. The van der Waals surface area contributed by atoms with E-state index in [0.717, 1.165) is 5.75 Å². The van der Waals surface area contributed by atoms with Gasteiger partial charge in [-0.3, -0.25) is 9.59 Å². The molecule has 0 spiro atoms. The highest BCUT2D eigenvalue weighted by Gasteiger charge is 2.05. The molecule has 0 aromatic heterocycles. The van der Waals surface area contributed by atoms with Gasteiger partial charge in [-0.2, -0.15) is 0 Å². The van der Waals surface area contributed by atoms with E-state index >= 15 is 0 Å². The lowest BCUT2D eigenvalue weighted by Gasteiger charge is -2.08. The lowest BCUT2D eigenvalue weighted by Crippen LogP contribution is -2.18. The summed E-state index contributed by atoms with van der Waals surface area (Å²) in [5, 5.41) is 5.36. The van der Waals surface area contributed by atoms with Crippen LogP contribution in [0.4, 0.5) is 5.69 Å². The van der Waals surface area contributed by atoms with Crippen LogP contribution in [0.5, 0.6) is 5.75 Å². The number of nitrogens with one attached hydrogen (secondary N) is 2. The zero-order chi connectivity index (χ0) is 17.4. The molecular weight excluding hydrogens is 304 g/mol. The van der Waals surface area contributed by atoms with Gasteiger partial charge in [0.05, 0.1) is 6.61 Å². The van der Waals surface area contributed by atoms with Crippen LogP contribution in [0.1, 0.15) is 28.8 Å². The minimum Gasteiger partial charge on any atom is -0.494 e. The predicted octanol–water partition coefficient (Wildman–Crippen LogP) is 3.15. The molecule has 0 fully saturated rings. The molecule has 5 heteroatoms. The quantitative estimate of drug-likeness (QED) is 0.768. The Kier molecular flexibility index (Phi) is 6.37. The summed E-state index contributed by atoms with van der Waals surface area (Å²) in [7, 11) is 1.58. The van der Waals surface area contributed by atoms with Crippen LogP contribution in [0, 0.1) is 6.92 Å². The summed E-state index contributed by atoms with van der Waals surface area (Å²) in [5.41, 5.74) is 2.42. The molecule has 0 aliphatic heterocycles. The molecule has 2 rings (SSSR count). The van der Waals surface area contributed by atoms with Gasteiger partial charge >= 0.3 is 0 Å². The summed E-state index contributed by atoms with van der Waals surface area (Å²) in [5.74, 6) is 0.585. The topological polar surface area (TPSA) is 67.4 Å². The first-order valence-corrected chi connectivity index (χ1v) is 7.90. The van der Waals surface area contributed by atoms with E-state index in [1.54, 1.807) is 31.3 Å². The number of benzene rings is 2. The van der Waals surface area contributed by atoms with Crippen molar-refractivity contribution in [1.82, 2.24) is 5.32 Å². The van der Waals surface area contributed by atoms with Crippen molar-refractivity contribution in [3.05, 3.63) is 59.7 Å². The number of carbonyl (C=O) groups is 2. The second-order valence-corrected chi connectivity index (χ2v) is 5.47. The maximum Gasteiger partial charge on any atom is 0.251 e. The lowest BCUT2D eigenvalue weighted by molar-refractivity contribution is -0.116. The van der Waals surface area contributed by atoms with Gasteiger partial charge < -0.3 is 15.4 Å². The van der Waals surface area contributed by atoms with Gasteiger partial charge in [0.15, 0.2) is 0 Å². The Morgan fingerprint density at radius 2 is 1.67 bits per heavy atom. The Labute approximate surface area is 142 Å². The van der Waals surface area contributed by atoms with E-state index < -0.39 is 0 Å². The molecule has 0 saturated carbocycles. The number of anilines is 1. The average molecular weight is 326 g/mol. The molecule has 0 heterocycles. The normalized spacial score (nSPS) is 10.1. The van der Waals surface area contributed by atoms with Crippen LogP contribution >= 0.6 is 0 Å². The van der Waals surface area contributed by atoms with Crippen LogP contribution in [0.3, 0.4) is 0 Å². The average Bonchev–Trinajstić information content (AvgIpc) is 2.60. The molecule has 0 bridgehead atoms. The van der Waals surface area contributed by atoms with E-state index in [1.807, 2.05) is 31.2 Å². The molecule has 0 aliphatic carbocycles. The summed E-state index contributed by atoms with van der Waals surface area (Å²) >= 11 is 0. The lowest BCUT2D eigenvalue weighted by atomic mass is 10.2. The fourth-order valence-corrected chi connectivity index (χ4v) is 2.13. The van der Waals surface area contributed by atoms with Crippen LogP contribution in [0.15, 0.2) is 48.5 Å². The maximum absolute atomic E-state index is 11.9. The Hall–Kier alpha value is -2.82. The number of hydrogen-bond donors (Lipinski definition) is 2. The minimum absolute atomic E-state index is 0.0739. The third-order valence-corrected chi connectivity index (χ3v) is 3.50. The number of carbonyl (C=O) groups excluding carboxylic acids is 2. The number of amides is 2. The Bertz CT molecular complexity index is 679. The van der Waals surface area contributed by atoms with Crippen molar-refractivity contribution in [2.75, 3.05) is 19.0 Å². The summed E-state index contributed by atoms with van der Waals surface area (Å²) in [6.45, 7) is 2.52. The fraction of sp³-hybridized carbons (Fsp3) is 0.263. The third kappa shape index (κ3) is 5.43. The van der Waals surface area contributed by atoms with Crippen molar-refractivity contribution in [3.8, 4) is 5.75 Å². The summed E-state index contributed by atoms with van der Waals surface area (Å²) in [4.78, 5) is 23.3. The van der Waals surface area contributed by atoms with Crippen LogP contribution in [0.2, 0.25) is 0 Å². The van der Waals surface area contributed by atoms with Gasteiger partial charge in [-0.25, -0.2) is 0 Å². The summed E-state index contributed by atoms with van der Waals surface area (Å²) < 4.78 is 5.59. The first kappa shape index (κ1) is 17.5. The first-order valence-electron chi connectivity index (χ1n) is 7.90. The van der Waals surface area contributed by atoms with Gasteiger partial charge in [-0.15, -0.1) is 0 Å². The Balaban J connectivity index is 1.71. The smallest absolute Gasteiger partial charge is 0.251 e. The highest BCUT2D eigenvalue weighted by Crippen LogP contribution is 2.13. The SMILES string of the molecule is CNC(=O)c1ccc(NC(=O)CCCOc2ccc(C)cc2)cc1.